The van der Waals surface area contributed by atoms with Gasteiger partial charge in [-0.3, -0.25) is 15.1 Å². The Morgan fingerprint density at radius 3 is 2.64 bits per heavy atom. The SMILES string of the molecule is COc1ccc(S(=O)(=O)N2CCCC2c2ccncc2)cc1[N+](=O)[O-]. The molecule has 9 heteroatoms. The molecular weight excluding hydrogens is 346 g/mol. The van der Waals surface area contributed by atoms with Crippen molar-refractivity contribution >= 4 is 15.7 Å². The van der Waals surface area contributed by atoms with Crippen molar-refractivity contribution in [3.63, 3.8) is 0 Å². The number of nitrogens with zero attached hydrogens (tertiary/aromatic N) is 3. The van der Waals surface area contributed by atoms with Gasteiger partial charge >= 0.3 is 5.69 Å². The molecule has 1 aromatic heterocycles. The van der Waals surface area contributed by atoms with E-state index in [0.717, 1.165) is 18.1 Å². The lowest BCUT2D eigenvalue weighted by molar-refractivity contribution is -0.386. The van der Waals surface area contributed by atoms with Gasteiger partial charge in [-0.2, -0.15) is 4.31 Å². The standard InChI is InChI=1S/C16H17N3O5S/c1-24-16-5-4-13(11-15(16)19(20)21)25(22,23)18-10-2-3-14(18)12-6-8-17-9-7-12/h4-9,11,14H,2-3,10H2,1H3. The molecule has 8 nitrogen and oxygen atoms in total. The Balaban J connectivity index is 2.01. The molecule has 1 fully saturated rings. The minimum atomic E-state index is -3.86. The van der Waals surface area contributed by atoms with Gasteiger partial charge in [-0.05, 0) is 42.7 Å². The Bertz CT molecular complexity index is 886. The predicted molar refractivity (Wildman–Crippen MR) is 89.8 cm³/mol. The van der Waals surface area contributed by atoms with Gasteiger partial charge in [-0.25, -0.2) is 8.42 Å². The summed E-state index contributed by atoms with van der Waals surface area (Å²) in [6.45, 7) is 0.370. The Kier molecular flexibility index (Phi) is 4.69. The van der Waals surface area contributed by atoms with Crippen LogP contribution in [0.25, 0.3) is 0 Å². The van der Waals surface area contributed by atoms with E-state index in [1.807, 2.05) is 0 Å². The second-order valence-corrected chi connectivity index (χ2v) is 7.54. The molecule has 0 spiro atoms. The maximum atomic E-state index is 13.0. The van der Waals surface area contributed by atoms with Gasteiger partial charge in [-0.1, -0.05) is 0 Å². The monoisotopic (exact) mass is 363 g/mol. The molecule has 1 aromatic carbocycles. The van der Waals surface area contributed by atoms with Crippen LogP contribution < -0.4 is 4.74 Å². The number of benzene rings is 1. The molecule has 1 unspecified atom stereocenters. The molecule has 3 rings (SSSR count). The van der Waals surface area contributed by atoms with Gasteiger partial charge in [0.05, 0.1) is 23.0 Å². The van der Waals surface area contributed by atoms with Crippen LogP contribution in [-0.4, -0.2) is 36.3 Å². The zero-order valence-corrected chi connectivity index (χ0v) is 14.3. The van der Waals surface area contributed by atoms with E-state index in [-0.39, 0.29) is 22.4 Å². The number of methoxy groups -OCH3 is 1. The third kappa shape index (κ3) is 3.20. The van der Waals surface area contributed by atoms with Crippen molar-refractivity contribution < 1.29 is 18.1 Å². The Hall–Kier alpha value is -2.52. The summed E-state index contributed by atoms with van der Waals surface area (Å²) >= 11 is 0. The van der Waals surface area contributed by atoms with E-state index in [1.54, 1.807) is 24.5 Å². The Labute approximate surface area is 145 Å². The topological polar surface area (TPSA) is 103 Å². The second-order valence-electron chi connectivity index (χ2n) is 5.65. The number of ether oxygens (including phenoxy) is 1. The molecule has 132 valence electrons. The smallest absolute Gasteiger partial charge is 0.312 e. The Morgan fingerprint density at radius 1 is 1.28 bits per heavy atom. The van der Waals surface area contributed by atoms with Crippen LogP contribution in [0.15, 0.2) is 47.6 Å². The quantitative estimate of drug-likeness (QED) is 0.597. The van der Waals surface area contributed by atoms with Crippen LogP contribution in [0.3, 0.4) is 0 Å². The lowest BCUT2D eigenvalue weighted by atomic mass is 10.1. The summed E-state index contributed by atoms with van der Waals surface area (Å²) in [5.74, 6) is 0.0241. The lowest BCUT2D eigenvalue weighted by Gasteiger charge is -2.24. The molecule has 0 saturated carbocycles. The van der Waals surface area contributed by atoms with Crippen LogP contribution in [0.5, 0.6) is 5.75 Å². The van der Waals surface area contributed by atoms with E-state index in [4.69, 9.17) is 4.74 Å². The van der Waals surface area contributed by atoms with Gasteiger partial charge in [0.25, 0.3) is 0 Å². The van der Waals surface area contributed by atoms with E-state index in [2.05, 4.69) is 4.98 Å². The molecule has 0 N–H and O–H groups in total. The Morgan fingerprint density at radius 2 is 2.00 bits per heavy atom. The summed E-state index contributed by atoms with van der Waals surface area (Å²) in [5.41, 5.74) is 0.488. The first kappa shape index (κ1) is 17.3. The van der Waals surface area contributed by atoms with E-state index >= 15 is 0 Å². The average Bonchev–Trinajstić information content (AvgIpc) is 3.12. The van der Waals surface area contributed by atoms with Gasteiger partial charge in [-0.15, -0.1) is 0 Å². The molecule has 0 bridgehead atoms. The summed E-state index contributed by atoms with van der Waals surface area (Å²) in [7, 11) is -2.56. The highest BCUT2D eigenvalue weighted by Crippen LogP contribution is 2.38. The molecule has 1 aliphatic rings. The first-order chi connectivity index (χ1) is 11.9. The van der Waals surface area contributed by atoms with Crippen LogP contribution in [-0.2, 0) is 10.0 Å². The summed E-state index contributed by atoms with van der Waals surface area (Å²) in [5, 5.41) is 11.2. The van der Waals surface area contributed by atoms with Crippen molar-refractivity contribution in [2.24, 2.45) is 0 Å². The molecule has 1 aliphatic heterocycles. The van der Waals surface area contributed by atoms with Gasteiger partial charge in [0.15, 0.2) is 5.75 Å². The maximum absolute atomic E-state index is 13.0. The summed E-state index contributed by atoms with van der Waals surface area (Å²) in [6, 6.07) is 6.97. The zero-order chi connectivity index (χ0) is 18.0. The molecule has 2 heterocycles. The van der Waals surface area contributed by atoms with Gasteiger partial charge in [0.1, 0.15) is 0 Å². The van der Waals surface area contributed by atoms with Crippen LogP contribution >= 0.6 is 0 Å². The summed E-state index contributed by atoms with van der Waals surface area (Å²) in [6.07, 6.45) is 4.67. The van der Waals surface area contributed by atoms with Crippen molar-refractivity contribution in [3.8, 4) is 5.75 Å². The molecule has 2 aromatic rings. The number of pyridine rings is 1. The maximum Gasteiger partial charge on any atom is 0.312 e. The molecular formula is C16H17N3O5S. The number of hydrogen-bond acceptors (Lipinski definition) is 6. The highest BCUT2D eigenvalue weighted by atomic mass is 32.2. The van der Waals surface area contributed by atoms with E-state index < -0.39 is 14.9 Å². The van der Waals surface area contributed by atoms with E-state index in [1.165, 1.54) is 23.5 Å². The molecule has 0 aliphatic carbocycles. The van der Waals surface area contributed by atoms with Gasteiger partial charge in [0.2, 0.25) is 10.0 Å². The van der Waals surface area contributed by atoms with E-state index in [9.17, 15) is 18.5 Å². The fourth-order valence-corrected chi connectivity index (χ4v) is 4.76. The minimum Gasteiger partial charge on any atom is -0.490 e. The third-order valence-corrected chi connectivity index (χ3v) is 6.15. The predicted octanol–water partition coefficient (Wildman–Crippen LogP) is 2.52. The summed E-state index contributed by atoms with van der Waals surface area (Å²) in [4.78, 5) is 14.4. The number of aromatic nitrogens is 1. The third-order valence-electron chi connectivity index (χ3n) is 4.25. The normalized spacial score (nSPS) is 18.2. The fourth-order valence-electron chi connectivity index (χ4n) is 3.05. The fraction of sp³-hybridized carbons (Fsp3) is 0.312. The van der Waals surface area contributed by atoms with E-state index in [0.29, 0.717) is 13.0 Å². The largest absolute Gasteiger partial charge is 0.490 e. The number of rotatable bonds is 5. The van der Waals surface area contributed by atoms with Crippen LogP contribution in [0.1, 0.15) is 24.4 Å². The minimum absolute atomic E-state index is 0.0241. The second kappa shape index (κ2) is 6.77. The van der Waals surface area contributed by atoms with Crippen LogP contribution in [0.4, 0.5) is 5.69 Å². The molecule has 25 heavy (non-hydrogen) atoms. The summed E-state index contributed by atoms with van der Waals surface area (Å²) < 4.78 is 32.4. The van der Waals surface area contributed by atoms with Crippen molar-refractivity contribution in [1.29, 1.82) is 0 Å². The van der Waals surface area contributed by atoms with Crippen LogP contribution in [0, 0.1) is 10.1 Å². The number of nitro groups is 1. The number of nitro benzene ring substituents is 1. The number of hydrogen-bond donors (Lipinski definition) is 0. The van der Waals surface area contributed by atoms with Gasteiger partial charge in [0, 0.05) is 25.0 Å². The average molecular weight is 363 g/mol. The first-order valence-corrected chi connectivity index (χ1v) is 9.13. The molecule has 0 amide bonds. The molecule has 1 atom stereocenters. The first-order valence-electron chi connectivity index (χ1n) is 7.69. The highest BCUT2D eigenvalue weighted by molar-refractivity contribution is 7.89. The van der Waals surface area contributed by atoms with Crippen molar-refractivity contribution in [1.82, 2.24) is 9.29 Å². The lowest BCUT2D eigenvalue weighted by Crippen LogP contribution is -2.30. The molecule has 1 saturated heterocycles. The van der Waals surface area contributed by atoms with Crippen molar-refractivity contribution in [2.45, 2.75) is 23.8 Å². The molecule has 0 radical (unpaired) electrons. The van der Waals surface area contributed by atoms with Crippen molar-refractivity contribution in [3.05, 3.63) is 58.4 Å². The zero-order valence-electron chi connectivity index (χ0n) is 13.5. The van der Waals surface area contributed by atoms with Crippen molar-refractivity contribution in [2.75, 3.05) is 13.7 Å². The highest BCUT2D eigenvalue weighted by Gasteiger charge is 2.37. The van der Waals surface area contributed by atoms with Crippen LogP contribution in [0.2, 0.25) is 0 Å². The van der Waals surface area contributed by atoms with Gasteiger partial charge < -0.3 is 4.74 Å². The number of sulfonamides is 1.